The van der Waals surface area contributed by atoms with Crippen LogP contribution >= 0.6 is 0 Å². The molecule has 0 spiro atoms. The Bertz CT molecular complexity index is 1060. The highest BCUT2D eigenvalue weighted by Crippen LogP contribution is 2.32. The number of hydrogen-bond acceptors (Lipinski definition) is 5. The fourth-order valence-corrected chi connectivity index (χ4v) is 5.56. The number of nitrogens with two attached hydrogens (primary N) is 3. The van der Waals surface area contributed by atoms with Gasteiger partial charge in [-0.15, -0.1) is 0 Å². The van der Waals surface area contributed by atoms with Crippen molar-refractivity contribution < 1.29 is 13.2 Å². The van der Waals surface area contributed by atoms with Gasteiger partial charge in [0.2, 0.25) is 15.9 Å². The van der Waals surface area contributed by atoms with Crippen LogP contribution < -0.4 is 22.1 Å². The van der Waals surface area contributed by atoms with E-state index in [4.69, 9.17) is 17.2 Å². The summed E-state index contributed by atoms with van der Waals surface area (Å²) in [4.78, 5) is 18.3. The van der Waals surface area contributed by atoms with Crippen LogP contribution in [-0.4, -0.2) is 57.8 Å². The molecule has 0 aromatic heterocycles. The fraction of sp³-hybridized carbons (Fsp3) is 0.455. The third kappa shape index (κ3) is 5.89. The molecule has 0 aliphatic heterocycles. The summed E-state index contributed by atoms with van der Waals surface area (Å²) in [6, 6.07) is 9.74. The van der Waals surface area contributed by atoms with Gasteiger partial charge in [0.1, 0.15) is 6.04 Å². The lowest BCUT2D eigenvalue weighted by molar-refractivity contribution is -0.121. The van der Waals surface area contributed by atoms with Crippen LogP contribution in [0.25, 0.3) is 10.8 Å². The number of sulfonamides is 1. The van der Waals surface area contributed by atoms with Crippen LogP contribution in [0.1, 0.15) is 32.6 Å². The van der Waals surface area contributed by atoms with Gasteiger partial charge in [0.15, 0.2) is 5.96 Å². The van der Waals surface area contributed by atoms with Crippen LogP contribution in [0.15, 0.2) is 46.3 Å². The molecule has 6 N–H and O–H groups in total. The molecule has 176 valence electrons. The lowest BCUT2D eigenvalue weighted by atomic mass is 10.1. The largest absolute Gasteiger partial charge is 0.377 e. The van der Waals surface area contributed by atoms with Gasteiger partial charge in [-0.3, -0.25) is 9.79 Å². The Morgan fingerprint density at radius 1 is 1.03 bits per heavy atom. The lowest BCUT2D eigenvalue weighted by Crippen LogP contribution is -2.48. The minimum Gasteiger partial charge on any atom is -0.377 e. The highest BCUT2D eigenvalue weighted by molar-refractivity contribution is 7.89. The van der Waals surface area contributed by atoms with E-state index < -0.39 is 22.0 Å². The first-order valence-electron chi connectivity index (χ1n) is 10.7. The molecule has 2 aromatic rings. The van der Waals surface area contributed by atoms with E-state index in [0.29, 0.717) is 18.2 Å². The van der Waals surface area contributed by atoms with Gasteiger partial charge in [0, 0.05) is 43.6 Å². The van der Waals surface area contributed by atoms with Crippen molar-refractivity contribution in [1.82, 2.24) is 4.31 Å². The van der Waals surface area contributed by atoms with Crippen molar-refractivity contribution in [3.63, 3.8) is 0 Å². The van der Waals surface area contributed by atoms with E-state index in [2.05, 4.69) is 4.99 Å². The maximum atomic E-state index is 13.9. The molecule has 0 aliphatic carbocycles. The summed E-state index contributed by atoms with van der Waals surface area (Å²) in [6.07, 6.45) is 2.02. The molecule has 10 heteroatoms. The summed E-state index contributed by atoms with van der Waals surface area (Å²) < 4.78 is 29.0. The Morgan fingerprint density at radius 3 is 2.28 bits per heavy atom. The number of fused-ring (bicyclic) bond motifs is 1. The third-order valence-electron chi connectivity index (χ3n) is 5.27. The van der Waals surface area contributed by atoms with E-state index in [1.165, 1.54) is 4.31 Å². The zero-order valence-electron chi connectivity index (χ0n) is 19.0. The number of primary amides is 1. The standard InChI is InChI=1S/C22H34N6O3S/c1-4-5-15-28(19(21(23)29)12-8-14-26-22(24)25)32(30,31)20-13-7-9-16-17(20)10-6-11-18(16)27(2)3/h6-7,9-11,13,19H,4-5,8,12,14-15H2,1-3H3,(H2,23,29)(H4,24,25,26)/t19-/m0/s1. The fourth-order valence-electron chi connectivity index (χ4n) is 3.68. The van der Waals surface area contributed by atoms with Crippen molar-refractivity contribution in [1.29, 1.82) is 0 Å². The molecule has 0 fully saturated rings. The predicted octanol–water partition coefficient (Wildman–Crippen LogP) is 1.60. The molecule has 0 saturated carbocycles. The van der Waals surface area contributed by atoms with Crippen molar-refractivity contribution in [2.45, 2.75) is 43.5 Å². The van der Waals surface area contributed by atoms with Crippen molar-refractivity contribution in [2.24, 2.45) is 22.2 Å². The maximum absolute atomic E-state index is 13.9. The summed E-state index contributed by atoms with van der Waals surface area (Å²) in [5.74, 6) is -0.743. The molecule has 1 atom stereocenters. The number of carbonyl (C=O) groups is 1. The molecule has 0 radical (unpaired) electrons. The quantitative estimate of drug-likeness (QED) is 0.248. The molecule has 0 aliphatic rings. The van der Waals surface area contributed by atoms with E-state index in [1.54, 1.807) is 18.2 Å². The van der Waals surface area contributed by atoms with Gasteiger partial charge in [0.05, 0.1) is 4.90 Å². The minimum atomic E-state index is -4.01. The molecule has 1 amide bonds. The maximum Gasteiger partial charge on any atom is 0.244 e. The SMILES string of the molecule is CCCCN([C@@H](CCCN=C(N)N)C(N)=O)S(=O)(=O)c1cccc2c(N(C)C)cccc12. The van der Waals surface area contributed by atoms with Crippen molar-refractivity contribution >= 4 is 38.3 Å². The molecule has 32 heavy (non-hydrogen) atoms. The molecule has 2 aromatic carbocycles. The number of amides is 1. The molecular formula is C22H34N6O3S. The average molecular weight is 463 g/mol. The predicted molar refractivity (Wildman–Crippen MR) is 130 cm³/mol. The molecule has 2 rings (SSSR count). The van der Waals surface area contributed by atoms with Crippen molar-refractivity contribution in [2.75, 3.05) is 32.1 Å². The van der Waals surface area contributed by atoms with E-state index in [9.17, 15) is 13.2 Å². The molecule has 9 nitrogen and oxygen atoms in total. The first-order chi connectivity index (χ1) is 15.1. The number of nitrogens with zero attached hydrogens (tertiary/aromatic N) is 3. The summed E-state index contributed by atoms with van der Waals surface area (Å²) >= 11 is 0. The first-order valence-corrected chi connectivity index (χ1v) is 12.1. The Labute approximate surface area is 190 Å². The molecule has 0 bridgehead atoms. The second-order valence-corrected chi connectivity index (χ2v) is 9.72. The number of carbonyl (C=O) groups excluding carboxylic acids is 1. The number of aliphatic imine (C=N–C) groups is 1. The zero-order chi connectivity index (χ0) is 23.9. The molecule has 0 saturated heterocycles. The summed E-state index contributed by atoms with van der Waals surface area (Å²) in [6.45, 7) is 2.44. The Hall–Kier alpha value is -2.85. The van der Waals surface area contributed by atoms with Crippen molar-refractivity contribution in [3.8, 4) is 0 Å². The Kier molecular flexibility index (Phi) is 8.85. The summed E-state index contributed by atoms with van der Waals surface area (Å²) in [7, 11) is -0.199. The van der Waals surface area contributed by atoms with Crippen LogP contribution in [0.2, 0.25) is 0 Å². The summed E-state index contributed by atoms with van der Waals surface area (Å²) in [5.41, 5.74) is 17.3. The van der Waals surface area contributed by atoms with E-state index in [1.807, 2.05) is 44.1 Å². The topological polar surface area (TPSA) is 148 Å². The minimum absolute atomic E-state index is 0.0523. The smallest absolute Gasteiger partial charge is 0.244 e. The third-order valence-corrected chi connectivity index (χ3v) is 7.23. The summed E-state index contributed by atoms with van der Waals surface area (Å²) in [5, 5.41) is 1.42. The van der Waals surface area contributed by atoms with Gasteiger partial charge in [0.25, 0.3) is 0 Å². The van der Waals surface area contributed by atoms with E-state index in [0.717, 1.165) is 17.5 Å². The molecule has 0 heterocycles. The van der Waals surface area contributed by atoms with Crippen LogP contribution in [0.4, 0.5) is 5.69 Å². The number of benzene rings is 2. The monoisotopic (exact) mass is 462 g/mol. The van der Waals surface area contributed by atoms with E-state index in [-0.39, 0.29) is 30.4 Å². The first kappa shape index (κ1) is 25.4. The zero-order valence-corrected chi connectivity index (χ0v) is 19.8. The number of hydrogen-bond donors (Lipinski definition) is 3. The van der Waals surface area contributed by atoms with Gasteiger partial charge < -0.3 is 22.1 Å². The number of anilines is 1. The van der Waals surface area contributed by atoms with Gasteiger partial charge in [-0.25, -0.2) is 8.42 Å². The highest BCUT2D eigenvalue weighted by Gasteiger charge is 2.35. The van der Waals surface area contributed by atoms with Gasteiger partial charge >= 0.3 is 0 Å². The number of guanidine groups is 1. The molecular weight excluding hydrogens is 428 g/mol. The second kappa shape index (κ2) is 11.1. The highest BCUT2D eigenvalue weighted by atomic mass is 32.2. The average Bonchev–Trinajstić information content (AvgIpc) is 2.73. The van der Waals surface area contributed by atoms with Gasteiger partial charge in [-0.2, -0.15) is 4.31 Å². The second-order valence-electron chi connectivity index (χ2n) is 7.86. The van der Waals surface area contributed by atoms with E-state index >= 15 is 0 Å². The molecule has 0 unspecified atom stereocenters. The van der Waals surface area contributed by atoms with Gasteiger partial charge in [-0.05, 0) is 31.4 Å². The van der Waals surface area contributed by atoms with Crippen molar-refractivity contribution in [3.05, 3.63) is 36.4 Å². The van der Waals surface area contributed by atoms with Gasteiger partial charge in [-0.1, -0.05) is 37.6 Å². The van der Waals surface area contributed by atoms with Crippen LogP contribution in [0.5, 0.6) is 0 Å². The lowest BCUT2D eigenvalue weighted by Gasteiger charge is -2.29. The Balaban J connectivity index is 2.55. The Morgan fingerprint density at radius 2 is 1.69 bits per heavy atom. The van der Waals surface area contributed by atoms with Crippen LogP contribution in [0.3, 0.4) is 0 Å². The number of unbranched alkanes of at least 4 members (excludes halogenated alkanes) is 1. The normalized spacial score (nSPS) is 12.6. The van der Waals surface area contributed by atoms with Crippen LogP contribution in [-0.2, 0) is 14.8 Å². The van der Waals surface area contributed by atoms with Crippen LogP contribution in [0, 0.1) is 0 Å². The number of rotatable bonds is 12.